The number of benzene rings is 2. The first-order chi connectivity index (χ1) is 14.3. The molecule has 0 bridgehead atoms. The number of carbonyl (C=O) groups excluding carboxylic acids is 1. The highest BCUT2D eigenvalue weighted by Gasteiger charge is 2.23. The van der Waals surface area contributed by atoms with Gasteiger partial charge in [0.1, 0.15) is 6.04 Å². The molecule has 0 aliphatic rings. The summed E-state index contributed by atoms with van der Waals surface area (Å²) >= 11 is 1.67. The number of nitrogens with one attached hydrogen (secondary N) is 2. The molecule has 0 aliphatic carbocycles. The average molecular weight is 445 g/mol. The van der Waals surface area contributed by atoms with Crippen molar-refractivity contribution in [3.8, 4) is 0 Å². The van der Waals surface area contributed by atoms with E-state index in [0.717, 1.165) is 0 Å². The van der Waals surface area contributed by atoms with Crippen molar-refractivity contribution in [2.75, 3.05) is 32.0 Å². The molecule has 1 aromatic heterocycles. The molecule has 2 N–H and O–H groups in total. The highest BCUT2D eigenvalue weighted by Crippen LogP contribution is 2.22. The van der Waals surface area contributed by atoms with E-state index in [9.17, 15) is 13.2 Å². The fourth-order valence-corrected chi connectivity index (χ4v) is 5.24. The van der Waals surface area contributed by atoms with Crippen LogP contribution in [0.2, 0.25) is 0 Å². The van der Waals surface area contributed by atoms with Crippen LogP contribution in [0.1, 0.15) is 21.3 Å². The number of thiophene rings is 1. The van der Waals surface area contributed by atoms with Crippen LogP contribution in [-0.2, 0) is 10.0 Å². The Kier molecular flexibility index (Phi) is 6.91. The molecule has 0 aliphatic heterocycles. The molecule has 0 saturated heterocycles. The lowest BCUT2D eigenvalue weighted by Gasteiger charge is -2.21. The minimum atomic E-state index is -3.70. The molecule has 8 heteroatoms. The summed E-state index contributed by atoms with van der Waals surface area (Å²) in [7, 11) is 1.92. The summed E-state index contributed by atoms with van der Waals surface area (Å²) in [6, 6.07) is 19.1. The maximum atomic E-state index is 12.9. The molecule has 158 valence electrons. The maximum absolute atomic E-state index is 12.9. The van der Waals surface area contributed by atoms with Gasteiger partial charge in [0, 0.05) is 12.6 Å². The predicted molar refractivity (Wildman–Crippen MR) is 121 cm³/mol. The van der Waals surface area contributed by atoms with Gasteiger partial charge in [-0.2, -0.15) is 0 Å². The molecule has 30 heavy (non-hydrogen) atoms. The number of nitrogens with zero attached hydrogens (tertiary/aromatic N) is 1. The van der Waals surface area contributed by atoms with Crippen LogP contribution >= 0.6 is 11.3 Å². The second-order valence-electron chi connectivity index (χ2n) is 7.19. The van der Waals surface area contributed by atoms with Gasteiger partial charge in [0.2, 0.25) is 0 Å². The third kappa shape index (κ3) is 4.89. The normalized spacial score (nSPS) is 12.5. The zero-order chi connectivity index (χ0) is 21.7. The van der Waals surface area contributed by atoms with Crippen LogP contribution in [0, 0.1) is 0 Å². The lowest BCUT2D eigenvalue weighted by molar-refractivity contribution is -0.890. The van der Waals surface area contributed by atoms with E-state index in [-0.39, 0.29) is 16.8 Å². The third-order valence-electron chi connectivity index (χ3n) is 4.94. The Balaban J connectivity index is 1.69. The van der Waals surface area contributed by atoms with Crippen molar-refractivity contribution in [2.45, 2.75) is 10.9 Å². The Bertz CT molecular complexity index is 1060. The molecule has 0 saturated carbocycles. The van der Waals surface area contributed by atoms with Gasteiger partial charge in [0.15, 0.2) is 0 Å². The van der Waals surface area contributed by atoms with Gasteiger partial charge in [0.25, 0.3) is 15.9 Å². The summed E-state index contributed by atoms with van der Waals surface area (Å²) in [5.41, 5.74) is 1.00. The summed E-state index contributed by atoms with van der Waals surface area (Å²) < 4.78 is 26.9. The number of carbonyl (C=O) groups is 1. The van der Waals surface area contributed by atoms with Crippen LogP contribution in [0.25, 0.3) is 0 Å². The lowest BCUT2D eigenvalue weighted by atomic mass is 10.2. The molecule has 0 fully saturated rings. The molecule has 6 nitrogen and oxygen atoms in total. The summed E-state index contributed by atoms with van der Waals surface area (Å²) in [6.07, 6.45) is 0. The van der Waals surface area contributed by atoms with Crippen molar-refractivity contribution in [2.24, 2.45) is 0 Å². The van der Waals surface area contributed by atoms with E-state index in [2.05, 4.69) is 25.5 Å². The molecule has 0 radical (unpaired) electrons. The van der Waals surface area contributed by atoms with E-state index in [1.54, 1.807) is 47.7 Å². The van der Waals surface area contributed by atoms with Crippen molar-refractivity contribution >= 4 is 33.0 Å². The number of rotatable bonds is 8. The van der Waals surface area contributed by atoms with Crippen LogP contribution in [0.4, 0.5) is 5.69 Å². The Morgan fingerprint density at radius 2 is 1.70 bits per heavy atom. The van der Waals surface area contributed by atoms with Crippen molar-refractivity contribution < 1.29 is 18.1 Å². The maximum Gasteiger partial charge on any atom is 0.264 e. The van der Waals surface area contributed by atoms with Crippen molar-refractivity contribution in [3.63, 3.8) is 0 Å². The van der Waals surface area contributed by atoms with Gasteiger partial charge in [-0.25, -0.2) is 8.42 Å². The first kappa shape index (κ1) is 22.0. The van der Waals surface area contributed by atoms with Gasteiger partial charge in [-0.05, 0) is 47.8 Å². The standard InChI is InChI=1S/C22H25N3O3S2/c1-24(2)20(21-10-7-15-29-21)16-23-22(26)17-11-13-19(14-12-17)30(27,28)25(3)18-8-5-4-6-9-18/h4-15,20H,16H2,1-3H3,(H,23,26)/p+1/t20-/m0/s1. The number of amides is 1. The second kappa shape index (κ2) is 9.42. The van der Waals surface area contributed by atoms with E-state index in [0.29, 0.717) is 17.8 Å². The first-order valence-corrected chi connectivity index (χ1v) is 11.9. The van der Waals surface area contributed by atoms with Gasteiger partial charge in [0.05, 0.1) is 36.1 Å². The van der Waals surface area contributed by atoms with Crippen molar-refractivity contribution in [3.05, 3.63) is 82.6 Å². The zero-order valence-electron chi connectivity index (χ0n) is 17.2. The van der Waals surface area contributed by atoms with E-state index < -0.39 is 10.0 Å². The molecule has 1 amide bonds. The number of hydrogen-bond acceptors (Lipinski definition) is 4. The van der Waals surface area contributed by atoms with E-state index in [4.69, 9.17) is 0 Å². The molecule has 1 atom stereocenters. The summed E-state index contributed by atoms with van der Waals surface area (Å²) in [6.45, 7) is 0.498. The lowest BCUT2D eigenvalue weighted by Crippen LogP contribution is -3.06. The van der Waals surface area contributed by atoms with Crippen LogP contribution < -0.4 is 14.5 Å². The minimum Gasteiger partial charge on any atom is -0.346 e. The van der Waals surface area contributed by atoms with E-state index >= 15 is 0 Å². The Morgan fingerprint density at radius 3 is 2.27 bits per heavy atom. The fraction of sp³-hybridized carbons (Fsp3) is 0.227. The average Bonchev–Trinajstić information content (AvgIpc) is 3.28. The number of anilines is 1. The molecule has 3 aromatic rings. The minimum absolute atomic E-state index is 0.139. The van der Waals surface area contributed by atoms with Gasteiger partial charge >= 0.3 is 0 Å². The molecule has 1 heterocycles. The number of likely N-dealkylation sites (N-methyl/N-ethyl adjacent to an activating group) is 1. The van der Waals surface area contributed by atoms with Crippen LogP contribution in [0.5, 0.6) is 0 Å². The SMILES string of the molecule is CN(c1ccccc1)S(=O)(=O)c1ccc(C(=O)NC[C@@H](c2cccs2)[NH+](C)C)cc1. The van der Waals surface area contributed by atoms with E-state index in [1.807, 2.05) is 17.5 Å². The number of sulfonamides is 1. The quantitative estimate of drug-likeness (QED) is 0.560. The molecule has 0 unspecified atom stereocenters. The monoisotopic (exact) mass is 444 g/mol. The smallest absolute Gasteiger partial charge is 0.264 e. The summed E-state index contributed by atoms with van der Waals surface area (Å²) in [5.74, 6) is -0.224. The number of quaternary nitrogens is 1. The van der Waals surface area contributed by atoms with Crippen LogP contribution in [0.15, 0.2) is 77.0 Å². The highest BCUT2D eigenvalue weighted by molar-refractivity contribution is 7.92. The Morgan fingerprint density at radius 1 is 1.03 bits per heavy atom. The van der Waals surface area contributed by atoms with Crippen molar-refractivity contribution in [1.82, 2.24) is 5.32 Å². The van der Waals surface area contributed by atoms with Crippen LogP contribution in [-0.4, -0.2) is 42.0 Å². The van der Waals surface area contributed by atoms with Crippen LogP contribution in [0.3, 0.4) is 0 Å². The van der Waals surface area contributed by atoms with E-state index in [1.165, 1.54) is 33.3 Å². The Labute approximate surface area is 181 Å². The highest BCUT2D eigenvalue weighted by atomic mass is 32.2. The number of para-hydroxylation sites is 1. The molecule has 2 aromatic carbocycles. The molecule has 3 rings (SSSR count). The molecule has 0 spiro atoms. The molecular formula is C22H26N3O3S2+. The summed E-state index contributed by atoms with van der Waals surface area (Å²) in [5, 5.41) is 4.99. The second-order valence-corrected chi connectivity index (χ2v) is 10.1. The largest absolute Gasteiger partial charge is 0.346 e. The first-order valence-electron chi connectivity index (χ1n) is 9.56. The van der Waals surface area contributed by atoms with Gasteiger partial charge < -0.3 is 10.2 Å². The third-order valence-corrected chi connectivity index (χ3v) is 7.73. The van der Waals surface area contributed by atoms with Gasteiger partial charge in [-0.15, -0.1) is 11.3 Å². The van der Waals surface area contributed by atoms with Gasteiger partial charge in [-0.1, -0.05) is 24.3 Å². The summed E-state index contributed by atoms with van der Waals surface area (Å²) in [4.78, 5) is 15.2. The topological polar surface area (TPSA) is 70.9 Å². The fourth-order valence-electron chi connectivity index (χ4n) is 3.09. The zero-order valence-corrected chi connectivity index (χ0v) is 18.8. The molecular weight excluding hydrogens is 418 g/mol. The van der Waals surface area contributed by atoms with Gasteiger partial charge in [-0.3, -0.25) is 9.10 Å². The predicted octanol–water partition coefficient (Wildman–Crippen LogP) is 2.19. The van der Waals surface area contributed by atoms with Crippen molar-refractivity contribution in [1.29, 1.82) is 0 Å². The number of hydrogen-bond donors (Lipinski definition) is 2. The Hall–Kier alpha value is -2.68.